The molecule has 4 nitrogen and oxygen atoms in total. The number of carbonyl (C=O) groups excluding carboxylic acids is 1. The van der Waals surface area contributed by atoms with Gasteiger partial charge in [-0.05, 0) is 36.1 Å². The number of nitrogens with zero attached hydrogens (tertiary/aromatic N) is 1. The van der Waals surface area contributed by atoms with Gasteiger partial charge >= 0.3 is 0 Å². The lowest BCUT2D eigenvalue weighted by atomic mass is 10.1. The summed E-state index contributed by atoms with van der Waals surface area (Å²) in [5.41, 5.74) is 8.10. The number of nitrogens with one attached hydrogen (secondary N) is 1. The van der Waals surface area contributed by atoms with Crippen molar-refractivity contribution in [1.29, 1.82) is 0 Å². The van der Waals surface area contributed by atoms with E-state index in [0.717, 1.165) is 29.5 Å². The van der Waals surface area contributed by atoms with Crippen LogP contribution in [0.4, 0.5) is 5.69 Å². The Morgan fingerprint density at radius 1 is 1.25 bits per heavy atom. The maximum atomic E-state index is 12.2. The first-order valence-electron chi connectivity index (χ1n) is 8.22. The van der Waals surface area contributed by atoms with Gasteiger partial charge in [-0.1, -0.05) is 52.3 Å². The highest BCUT2D eigenvalue weighted by molar-refractivity contribution is 9.10. The van der Waals surface area contributed by atoms with Crippen molar-refractivity contribution in [3.63, 3.8) is 0 Å². The molecule has 1 aliphatic rings. The zero-order valence-electron chi connectivity index (χ0n) is 13.5. The second kappa shape index (κ2) is 7.81. The number of nitrogens with two attached hydrogens (primary N) is 1. The Kier molecular flexibility index (Phi) is 5.53. The van der Waals surface area contributed by atoms with E-state index < -0.39 is 6.04 Å². The van der Waals surface area contributed by atoms with Crippen LogP contribution in [0, 0.1) is 5.92 Å². The van der Waals surface area contributed by atoms with E-state index >= 15 is 0 Å². The molecule has 0 aliphatic carbocycles. The number of anilines is 1. The van der Waals surface area contributed by atoms with Gasteiger partial charge in [0.1, 0.15) is 6.04 Å². The molecule has 5 heteroatoms. The monoisotopic (exact) mass is 387 g/mol. The van der Waals surface area contributed by atoms with E-state index in [-0.39, 0.29) is 5.91 Å². The van der Waals surface area contributed by atoms with Crippen LogP contribution in [-0.2, 0) is 4.79 Å². The van der Waals surface area contributed by atoms with E-state index in [0.29, 0.717) is 12.5 Å². The fourth-order valence-corrected chi connectivity index (χ4v) is 3.46. The number of hydrogen-bond donors (Lipinski definition) is 2. The Balaban J connectivity index is 1.50. The first-order valence-corrected chi connectivity index (χ1v) is 9.01. The molecule has 0 spiro atoms. The Morgan fingerprint density at radius 2 is 2.04 bits per heavy atom. The zero-order valence-corrected chi connectivity index (χ0v) is 15.1. The molecule has 1 amide bonds. The van der Waals surface area contributed by atoms with E-state index in [4.69, 9.17) is 5.73 Å². The minimum absolute atomic E-state index is 0.109. The average molecular weight is 388 g/mol. The number of amides is 1. The van der Waals surface area contributed by atoms with Gasteiger partial charge in [0.15, 0.2) is 0 Å². The number of hydrogen-bond acceptors (Lipinski definition) is 3. The molecule has 1 fully saturated rings. The maximum absolute atomic E-state index is 12.2. The number of carbonyl (C=O) groups is 1. The molecule has 3 rings (SSSR count). The van der Waals surface area contributed by atoms with Crippen LogP contribution in [0.2, 0.25) is 0 Å². The third-order valence-electron chi connectivity index (χ3n) is 4.47. The molecule has 0 aromatic heterocycles. The van der Waals surface area contributed by atoms with E-state index in [1.807, 2.05) is 42.5 Å². The molecule has 2 aromatic rings. The topological polar surface area (TPSA) is 58.4 Å². The van der Waals surface area contributed by atoms with Crippen molar-refractivity contribution in [2.75, 3.05) is 24.5 Å². The highest BCUT2D eigenvalue weighted by atomic mass is 79.9. The molecule has 2 aromatic carbocycles. The largest absolute Gasteiger partial charge is 0.371 e. The summed E-state index contributed by atoms with van der Waals surface area (Å²) in [7, 11) is 0. The third kappa shape index (κ3) is 4.16. The van der Waals surface area contributed by atoms with Crippen LogP contribution >= 0.6 is 15.9 Å². The van der Waals surface area contributed by atoms with Gasteiger partial charge in [-0.3, -0.25) is 4.79 Å². The van der Waals surface area contributed by atoms with Crippen LogP contribution in [0.5, 0.6) is 0 Å². The Hall–Kier alpha value is -1.85. The molecule has 2 atom stereocenters. The number of rotatable bonds is 5. The van der Waals surface area contributed by atoms with Gasteiger partial charge in [0, 0.05) is 29.8 Å². The quantitative estimate of drug-likeness (QED) is 0.828. The van der Waals surface area contributed by atoms with Crippen molar-refractivity contribution in [2.45, 2.75) is 12.5 Å². The first-order chi connectivity index (χ1) is 11.6. The molecule has 0 bridgehead atoms. The highest BCUT2D eigenvalue weighted by Gasteiger charge is 2.24. The molecule has 126 valence electrons. The highest BCUT2D eigenvalue weighted by Crippen LogP contribution is 2.26. The first kappa shape index (κ1) is 17.0. The van der Waals surface area contributed by atoms with Gasteiger partial charge in [0.2, 0.25) is 5.91 Å². The van der Waals surface area contributed by atoms with Gasteiger partial charge in [-0.2, -0.15) is 0 Å². The molecule has 2 unspecified atom stereocenters. The summed E-state index contributed by atoms with van der Waals surface area (Å²) in [4.78, 5) is 14.6. The van der Waals surface area contributed by atoms with Crippen molar-refractivity contribution in [2.24, 2.45) is 11.7 Å². The summed E-state index contributed by atoms with van der Waals surface area (Å²) < 4.78 is 1.09. The summed E-state index contributed by atoms with van der Waals surface area (Å²) in [6.45, 7) is 2.64. The lowest BCUT2D eigenvalue weighted by Gasteiger charge is -2.19. The van der Waals surface area contributed by atoms with Crippen molar-refractivity contribution in [3.8, 4) is 0 Å². The second-order valence-corrected chi connectivity index (χ2v) is 7.13. The molecule has 1 heterocycles. The van der Waals surface area contributed by atoms with E-state index in [2.05, 4.69) is 38.3 Å². The molecular weight excluding hydrogens is 366 g/mol. The summed E-state index contributed by atoms with van der Waals surface area (Å²) in [6, 6.07) is 17.2. The Bertz CT molecular complexity index is 692. The Labute approximate surface area is 151 Å². The van der Waals surface area contributed by atoms with Gasteiger partial charge in [0.05, 0.1) is 0 Å². The van der Waals surface area contributed by atoms with Crippen LogP contribution in [0.25, 0.3) is 0 Å². The zero-order chi connectivity index (χ0) is 16.9. The molecule has 3 N–H and O–H groups in total. The van der Waals surface area contributed by atoms with E-state index in [1.54, 1.807) is 0 Å². The van der Waals surface area contributed by atoms with Crippen molar-refractivity contribution in [3.05, 3.63) is 64.6 Å². The van der Waals surface area contributed by atoms with Crippen LogP contribution < -0.4 is 16.0 Å². The summed E-state index contributed by atoms with van der Waals surface area (Å²) >= 11 is 3.51. The lowest BCUT2D eigenvalue weighted by Crippen LogP contribution is -2.37. The number of benzene rings is 2. The SMILES string of the molecule is NC(C(=O)NCC1CCN(c2cccc(Br)c2)C1)c1ccccc1. The normalized spacial score (nSPS) is 18.4. The average Bonchev–Trinajstić information content (AvgIpc) is 3.09. The number of halogens is 1. The molecule has 0 saturated carbocycles. The van der Waals surface area contributed by atoms with Crippen molar-refractivity contribution in [1.82, 2.24) is 5.32 Å². The standard InChI is InChI=1S/C19H22BrN3O/c20-16-7-4-8-17(11-16)23-10-9-14(13-23)12-22-19(24)18(21)15-5-2-1-3-6-15/h1-8,11,14,18H,9-10,12-13,21H2,(H,22,24). The van der Waals surface area contributed by atoms with E-state index in [9.17, 15) is 4.79 Å². The van der Waals surface area contributed by atoms with Crippen LogP contribution in [0.15, 0.2) is 59.1 Å². The second-order valence-electron chi connectivity index (χ2n) is 6.21. The fraction of sp³-hybridized carbons (Fsp3) is 0.316. The summed E-state index contributed by atoms with van der Waals surface area (Å²) in [5.74, 6) is 0.345. The summed E-state index contributed by atoms with van der Waals surface area (Å²) in [5, 5.41) is 3.01. The van der Waals surface area contributed by atoms with Crippen LogP contribution in [0.3, 0.4) is 0 Å². The smallest absolute Gasteiger partial charge is 0.241 e. The molecule has 0 radical (unpaired) electrons. The molecular formula is C19H22BrN3O. The van der Waals surface area contributed by atoms with Crippen molar-refractivity contribution < 1.29 is 4.79 Å². The van der Waals surface area contributed by atoms with Crippen LogP contribution in [0.1, 0.15) is 18.0 Å². The fourth-order valence-electron chi connectivity index (χ4n) is 3.07. The van der Waals surface area contributed by atoms with E-state index in [1.165, 1.54) is 5.69 Å². The predicted octanol–water partition coefficient (Wildman–Crippen LogP) is 3.09. The van der Waals surface area contributed by atoms with Gasteiger partial charge in [-0.15, -0.1) is 0 Å². The molecule has 24 heavy (non-hydrogen) atoms. The van der Waals surface area contributed by atoms with Crippen LogP contribution in [-0.4, -0.2) is 25.5 Å². The maximum Gasteiger partial charge on any atom is 0.241 e. The lowest BCUT2D eigenvalue weighted by molar-refractivity contribution is -0.122. The minimum atomic E-state index is -0.603. The molecule has 1 aliphatic heterocycles. The van der Waals surface area contributed by atoms with Gasteiger partial charge in [0.25, 0.3) is 0 Å². The summed E-state index contributed by atoms with van der Waals surface area (Å²) in [6.07, 6.45) is 1.08. The minimum Gasteiger partial charge on any atom is -0.371 e. The Morgan fingerprint density at radius 3 is 2.79 bits per heavy atom. The predicted molar refractivity (Wildman–Crippen MR) is 101 cm³/mol. The van der Waals surface area contributed by atoms with Gasteiger partial charge in [-0.25, -0.2) is 0 Å². The van der Waals surface area contributed by atoms with Gasteiger partial charge < -0.3 is 16.0 Å². The van der Waals surface area contributed by atoms with Crippen molar-refractivity contribution >= 4 is 27.5 Å². The third-order valence-corrected chi connectivity index (χ3v) is 4.96. The molecule has 1 saturated heterocycles.